The van der Waals surface area contributed by atoms with Crippen LogP contribution in [0.4, 0.5) is 0 Å². The van der Waals surface area contributed by atoms with Gasteiger partial charge in [-0.15, -0.1) is 0 Å². The van der Waals surface area contributed by atoms with Gasteiger partial charge in [-0.25, -0.2) is 0 Å². The Bertz CT molecular complexity index is 228. The fraction of sp³-hybridized carbons (Fsp3) is 0.917. The number of likely N-dealkylation sites (N-methyl/N-ethyl adjacent to an activating group) is 1. The lowest BCUT2D eigenvalue weighted by Crippen LogP contribution is -2.47. The van der Waals surface area contributed by atoms with Gasteiger partial charge in [0.25, 0.3) is 0 Å². The number of carbonyl (C=O) groups is 1. The summed E-state index contributed by atoms with van der Waals surface area (Å²) in [6.45, 7) is 3.20. The molecule has 1 rings (SSSR count). The van der Waals surface area contributed by atoms with Crippen molar-refractivity contribution in [1.29, 1.82) is 0 Å². The summed E-state index contributed by atoms with van der Waals surface area (Å²) in [4.78, 5) is 13.8. The van der Waals surface area contributed by atoms with Crippen molar-refractivity contribution >= 4 is 5.97 Å². The van der Waals surface area contributed by atoms with Gasteiger partial charge in [0.05, 0.1) is 7.11 Å². The van der Waals surface area contributed by atoms with Crippen molar-refractivity contribution in [2.75, 3.05) is 47.5 Å². The van der Waals surface area contributed by atoms with Crippen LogP contribution < -0.4 is 5.32 Å². The summed E-state index contributed by atoms with van der Waals surface area (Å²) in [5.41, 5.74) is 0. The second-order valence-corrected chi connectivity index (χ2v) is 4.71. The standard InChI is InChI=1S/C12H24N2O3/c1-14(2)7-6-13-11(12(15)16-3)10-4-8-17-9-5-10/h10-11,13H,4-9H2,1-3H3. The monoisotopic (exact) mass is 244 g/mol. The second-order valence-electron chi connectivity index (χ2n) is 4.71. The molecule has 100 valence electrons. The molecule has 0 amide bonds. The van der Waals surface area contributed by atoms with E-state index in [-0.39, 0.29) is 12.0 Å². The Hall–Kier alpha value is -0.650. The van der Waals surface area contributed by atoms with Gasteiger partial charge in [-0.1, -0.05) is 0 Å². The fourth-order valence-corrected chi connectivity index (χ4v) is 2.06. The summed E-state index contributed by atoms with van der Waals surface area (Å²) in [5, 5.41) is 3.30. The Morgan fingerprint density at radius 2 is 2.12 bits per heavy atom. The van der Waals surface area contributed by atoms with Crippen LogP contribution in [0.1, 0.15) is 12.8 Å². The molecule has 1 aliphatic heterocycles. The lowest BCUT2D eigenvalue weighted by atomic mass is 9.91. The van der Waals surface area contributed by atoms with Gasteiger partial charge < -0.3 is 19.7 Å². The maximum atomic E-state index is 11.7. The van der Waals surface area contributed by atoms with E-state index in [1.807, 2.05) is 14.1 Å². The highest BCUT2D eigenvalue weighted by atomic mass is 16.5. The van der Waals surface area contributed by atoms with Crippen molar-refractivity contribution in [3.05, 3.63) is 0 Å². The lowest BCUT2D eigenvalue weighted by molar-refractivity contribution is -0.145. The van der Waals surface area contributed by atoms with E-state index in [1.165, 1.54) is 7.11 Å². The largest absolute Gasteiger partial charge is 0.468 e. The molecule has 1 fully saturated rings. The normalized spacial score (nSPS) is 19.3. The molecular weight excluding hydrogens is 220 g/mol. The van der Waals surface area contributed by atoms with Crippen LogP contribution in [-0.2, 0) is 14.3 Å². The van der Waals surface area contributed by atoms with Gasteiger partial charge in [-0.3, -0.25) is 4.79 Å². The number of hydrogen-bond acceptors (Lipinski definition) is 5. The van der Waals surface area contributed by atoms with E-state index in [4.69, 9.17) is 9.47 Å². The predicted octanol–water partition coefficient (Wildman–Crippen LogP) is 0.106. The van der Waals surface area contributed by atoms with E-state index >= 15 is 0 Å². The minimum Gasteiger partial charge on any atom is -0.468 e. The molecule has 1 saturated heterocycles. The van der Waals surface area contributed by atoms with Crippen molar-refractivity contribution in [3.8, 4) is 0 Å². The molecule has 1 atom stereocenters. The van der Waals surface area contributed by atoms with Crippen molar-refractivity contribution in [2.24, 2.45) is 5.92 Å². The third-order valence-electron chi connectivity index (χ3n) is 3.12. The first-order chi connectivity index (χ1) is 8.15. The van der Waals surface area contributed by atoms with Crippen LogP contribution in [0, 0.1) is 5.92 Å². The zero-order chi connectivity index (χ0) is 12.7. The zero-order valence-corrected chi connectivity index (χ0v) is 11.1. The molecule has 0 bridgehead atoms. The summed E-state index contributed by atoms with van der Waals surface area (Å²) >= 11 is 0. The lowest BCUT2D eigenvalue weighted by Gasteiger charge is -2.29. The number of nitrogens with one attached hydrogen (secondary N) is 1. The van der Waals surface area contributed by atoms with E-state index in [2.05, 4.69) is 10.2 Å². The predicted molar refractivity (Wildman–Crippen MR) is 65.9 cm³/mol. The Morgan fingerprint density at radius 3 is 2.65 bits per heavy atom. The number of rotatable bonds is 6. The highest BCUT2D eigenvalue weighted by Crippen LogP contribution is 2.19. The Balaban J connectivity index is 2.44. The van der Waals surface area contributed by atoms with E-state index < -0.39 is 0 Å². The van der Waals surface area contributed by atoms with Crippen molar-refractivity contribution in [1.82, 2.24) is 10.2 Å². The van der Waals surface area contributed by atoms with Crippen LogP contribution in [0.3, 0.4) is 0 Å². The fourth-order valence-electron chi connectivity index (χ4n) is 2.06. The highest BCUT2D eigenvalue weighted by Gasteiger charge is 2.29. The average molecular weight is 244 g/mol. The topological polar surface area (TPSA) is 50.8 Å². The molecule has 0 spiro atoms. The number of ether oxygens (including phenoxy) is 2. The summed E-state index contributed by atoms with van der Waals surface area (Å²) < 4.78 is 10.2. The van der Waals surface area contributed by atoms with Crippen LogP contribution in [-0.4, -0.2) is 64.4 Å². The van der Waals surface area contributed by atoms with E-state index in [0.717, 1.165) is 39.1 Å². The summed E-state index contributed by atoms with van der Waals surface area (Å²) in [6, 6.07) is -0.191. The first-order valence-corrected chi connectivity index (χ1v) is 6.19. The van der Waals surface area contributed by atoms with Gasteiger partial charge in [-0.2, -0.15) is 0 Å². The molecule has 0 aliphatic carbocycles. The Kier molecular flexibility index (Phi) is 6.47. The van der Waals surface area contributed by atoms with Crippen molar-refractivity contribution in [3.63, 3.8) is 0 Å². The molecular formula is C12H24N2O3. The average Bonchev–Trinajstić information content (AvgIpc) is 2.34. The Morgan fingerprint density at radius 1 is 1.47 bits per heavy atom. The number of esters is 1. The molecule has 5 heteroatoms. The number of hydrogen-bond donors (Lipinski definition) is 1. The van der Waals surface area contributed by atoms with Crippen LogP contribution >= 0.6 is 0 Å². The minimum absolute atomic E-state index is 0.157. The van der Waals surface area contributed by atoms with Crippen LogP contribution in [0.5, 0.6) is 0 Å². The molecule has 5 nitrogen and oxygen atoms in total. The van der Waals surface area contributed by atoms with Gasteiger partial charge in [0.2, 0.25) is 0 Å². The van der Waals surface area contributed by atoms with Gasteiger partial charge in [0, 0.05) is 26.3 Å². The molecule has 0 saturated carbocycles. The smallest absolute Gasteiger partial charge is 0.323 e. The number of carbonyl (C=O) groups excluding carboxylic acids is 1. The summed E-state index contributed by atoms with van der Waals surface area (Å²) in [7, 11) is 5.48. The number of methoxy groups -OCH3 is 1. The molecule has 1 unspecified atom stereocenters. The number of nitrogens with zero attached hydrogens (tertiary/aromatic N) is 1. The molecule has 0 aromatic heterocycles. The Labute approximate surface area is 103 Å². The van der Waals surface area contributed by atoms with Crippen molar-refractivity contribution in [2.45, 2.75) is 18.9 Å². The van der Waals surface area contributed by atoms with Gasteiger partial charge >= 0.3 is 5.97 Å². The van der Waals surface area contributed by atoms with Gasteiger partial charge in [0.15, 0.2) is 0 Å². The summed E-state index contributed by atoms with van der Waals surface area (Å²) in [6.07, 6.45) is 1.85. The third kappa shape index (κ3) is 5.02. The maximum absolute atomic E-state index is 11.7. The SMILES string of the molecule is COC(=O)C(NCCN(C)C)C1CCOCC1. The van der Waals surface area contributed by atoms with E-state index in [9.17, 15) is 4.79 Å². The molecule has 0 radical (unpaired) electrons. The van der Waals surface area contributed by atoms with E-state index in [1.54, 1.807) is 0 Å². The van der Waals surface area contributed by atoms with Crippen molar-refractivity contribution < 1.29 is 14.3 Å². The van der Waals surface area contributed by atoms with Crippen LogP contribution in [0.15, 0.2) is 0 Å². The van der Waals surface area contributed by atoms with Crippen LogP contribution in [0.25, 0.3) is 0 Å². The third-order valence-corrected chi connectivity index (χ3v) is 3.12. The summed E-state index contributed by atoms with van der Waals surface area (Å²) in [5.74, 6) is 0.175. The van der Waals surface area contributed by atoms with Crippen LogP contribution in [0.2, 0.25) is 0 Å². The first kappa shape index (κ1) is 14.4. The molecule has 17 heavy (non-hydrogen) atoms. The zero-order valence-electron chi connectivity index (χ0n) is 11.1. The van der Waals surface area contributed by atoms with Gasteiger partial charge in [0.1, 0.15) is 6.04 Å². The molecule has 1 heterocycles. The molecule has 1 aliphatic rings. The highest BCUT2D eigenvalue weighted by molar-refractivity contribution is 5.76. The molecule has 1 N–H and O–H groups in total. The van der Waals surface area contributed by atoms with E-state index in [0.29, 0.717) is 5.92 Å². The molecule has 0 aromatic carbocycles. The molecule has 0 aromatic rings. The second kappa shape index (κ2) is 7.63. The minimum atomic E-state index is -0.191. The van der Waals surface area contributed by atoms with Gasteiger partial charge in [-0.05, 0) is 32.9 Å². The first-order valence-electron chi connectivity index (χ1n) is 6.19. The quantitative estimate of drug-likeness (QED) is 0.672. The maximum Gasteiger partial charge on any atom is 0.323 e.